The van der Waals surface area contributed by atoms with E-state index in [0.717, 1.165) is 10.5 Å². The molecule has 0 spiro atoms. The Morgan fingerprint density at radius 1 is 1.25 bits per heavy atom. The summed E-state index contributed by atoms with van der Waals surface area (Å²) in [5.41, 5.74) is 0.775. The first kappa shape index (κ1) is 13.4. The topological polar surface area (TPSA) is 86.4 Å². The Balaban J connectivity index is 2.07. The number of hydrogen-bond acceptors (Lipinski definition) is 5. The van der Waals surface area contributed by atoms with E-state index in [1.54, 1.807) is 24.3 Å². The van der Waals surface area contributed by atoms with E-state index in [1.165, 1.54) is 6.08 Å². The molecule has 6 heteroatoms. The lowest BCUT2D eigenvalue weighted by molar-refractivity contribution is -0.124. The van der Waals surface area contributed by atoms with Gasteiger partial charge in [-0.2, -0.15) is 10.5 Å². The molecule has 1 amide bonds. The van der Waals surface area contributed by atoms with Gasteiger partial charge in [0.1, 0.15) is 13.1 Å². The van der Waals surface area contributed by atoms with Crippen LogP contribution in [0.4, 0.5) is 0 Å². The van der Waals surface area contributed by atoms with Gasteiger partial charge in [-0.05, 0) is 23.8 Å². The molecule has 0 atom stereocenters. The summed E-state index contributed by atoms with van der Waals surface area (Å²) in [4.78, 5) is 13.0. The van der Waals surface area contributed by atoms with Gasteiger partial charge in [-0.25, -0.2) is 0 Å². The van der Waals surface area contributed by atoms with Gasteiger partial charge in [-0.15, -0.1) is 0 Å². The standard InChI is InChI=1S/C14H11N3O3/c15-5-7-17(8-6-16)14(18)4-2-11-1-3-12-13(9-11)20-10-19-12/h1-4,9H,7-8,10H2. The molecule has 0 N–H and O–H groups in total. The van der Waals surface area contributed by atoms with Crippen LogP contribution in [-0.4, -0.2) is 30.7 Å². The molecule has 0 aromatic heterocycles. The number of nitriles is 2. The average Bonchev–Trinajstić information content (AvgIpc) is 2.92. The van der Waals surface area contributed by atoms with E-state index in [0.29, 0.717) is 11.5 Å². The van der Waals surface area contributed by atoms with Crippen molar-refractivity contribution in [3.63, 3.8) is 0 Å². The minimum atomic E-state index is -0.384. The fourth-order valence-electron chi connectivity index (χ4n) is 1.67. The summed E-state index contributed by atoms with van der Waals surface area (Å²) in [7, 11) is 0. The molecule has 1 aromatic carbocycles. The molecule has 1 aliphatic heterocycles. The maximum absolute atomic E-state index is 11.8. The Morgan fingerprint density at radius 3 is 2.65 bits per heavy atom. The Bertz CT molecular complexity index is 610. The highest BCUT2D eigenvalue weighted by Crippen LogP contribution is 2.32. The van der Waals surface area contributed by atoms with Crippen LogP contribution in [0.2, 0.25) is 0 Å². The lowest BCUT2D eigenvalue weighted by Crippen LogP contribution is -2.30. The number of nitrogens with zero attached hydrogens (tertiary/aromatic N) is 3. The average molecular weight is 269 g/mol. The van der Waals surface area contributed by atoms with E-state index >= 15 is 0 Å². The molecular formula is C14H11N3O3. The van der Waals surface area contributed by atoms with E-state index in [-0.39, 0.29) is 25.8 Å². The molecule has 0 saturated carbocycles. The van der Waals surface area contributed by atoms with Crippen LogP contribution >= 0.6 is 0 Å². The fourth-order valence-corrected chi connectivity index (χ4v) is 1.67. The van der Waals surface area contributed by atoms with Crippen LogP contribution in [-0.2, 0) is 4.79 Å². The van der Waals surface area contributed by atoms with Gasteiger partial charge < -0.3 is 14.4 Å². The van der Waals surface area contributed by atoms with E-state index in [2.05, 4.69) is 0 Å². The Hall–Kier alpha value is -2.99. The fraction of sp³-hybridized carbons (Fsp3) is 0.214. The van der Waals surface area contributed by atoms with Crippen molar-refractivity contribution < 1.29 is 14.3 Å². The van der Waals surface area contributed by atoms with Gasteiger partial charge in [0.2, 0.25) is 12.7 Å². The minimum absolute atomic E-state index is 0.113. The first-order chi connectivity index (χ1) is 9.74. The number of carbonyl (C=O) groups excluding carboxylic acids is 1. The molecule has 0 radical (unpaired) electrons. The predicted octanol–water partition coefficient (Wildman–Crippen LogP) is 1.30. The van der Waals surface area contributed by atoms with Crippen molar-refractivity contribution in [2.75, 3.05) is 19.9 Å². The van der Waals surface area contributed by atoms with Crippen LogP contribution in [0.15, 0.2) is 24.3 Å². The first-order valence-corrected chi connectivity index (χ1v) is 5.85. The number of amides is 1. The molecule has 0 saturated heterocycles. The normalized spacial score (nSPS) is 11.9. The lowest BCUT2D eigenvalue weighted by atomic mass is 10.2. The SMILES string of the molecule is N#CCN(CC#N)C(=O)C=Cc1ccc2c(c1)OCO2. The Kier molecular flexibility index (Phi) is 4.21. The van der Waals surface area contributed by atoms with Crippen LogP contribution in [0.25, 0.3) is 6.08 Å². The lowest BCUT2D eigenvalue weighted by Gasteiger charge is -2.12. The Morgan fingerprint density at radius 2 is 1.95 bits per heavy atom. The zero-order chi connectivity index (χ0) is 14.4. The molecule has 6 nitrogen and oxygen atoms in total. The van der Waals surface area contributed by atoms with Crippen LogP contribution in [0.3, 0.4) is 0 Å². The number of hydrogen-bond donors (Lipinski definition) is 0. The third-order valence-electron chi connectivity index (χ3n) is 2.65. The van der Waals surface area contributed by atoms with Gasteiger partial charge in [0.05, 0.1) is 12.1 Å². The summed E-state index contributed by atoms with van der Waals surface area (Å²) >= 11 is 0. The number of fused-ring (bicyclic) bond motifs is 1. The summed E-state index contributed by atoms with van der Waals surface area (Å²) in [5.74, 6) is 0.917. The van der Waals surface area contributed by atoms with Crippen molar-refractivity contribution >= 4 is 12.0 Å². The highest BCUT2D eigenvalue weighted by molar-refractivity contribution is 5.92. The van der Waals surface area contributed by atoms with Gasteiger partial charge in [0, 0.05) is 6.08 Å². The van der Waals surface area contributed by atoms with Crippen molar-refractivity contribution in [2.45, 2.75) is 0 Å². The van der Waals surface area contributed by atoms with Crippen LogP contribution in [0.1, 0.15) is 5.56 Å². The third kappa shape index (κ3) is 3.06. The van der Waals surface area contributed by atoms with Crippen molar-refractivity contribution in [2.24, 2.45) is 0 Å². The summed E-state index contributed by atoms with van der Waals surface area (Å²) < 4.78 is 10.4. The molecule has 2 rings (SSSR count). The molecule has 0 unspecified atom stereocenters. The number of rotatable bonds is 4. The Labute approximate surface area is 116 Å². The van der Waals surface area contributed by atoms with Crippen molar-refractivity contribution in [3.05, 3.63) is 29.8 Å². The van der Waals surface area contributed by atoms with Crippen molar-refractivity contribution in [1.29, 1.82) is 10.5 Å². The predicted molar refractivity (Wildman–Crippen MR) is 69.4 cm³/mol. The van der Waals surface area contributed by atoms with Gasteiger partial charge in [-0.3, -0.25) is 4.79 Å². The quantitative estimate of drug-likeness (QED) is 0.607. The highest BCUT2D eigenvalue weighted by atomic mass is 16.7. The summed E-state index contributed by atoms with van der Waals surface area (Å²) in [6.45, 7) is -0.0324. The molecule has 20 heavy (non-hydrogen) atoms. The number of benzene rings is 1. The van der Waals surface area contributed by atoms with Crippen LogP contribution < -0.4 is 9.47 Å². The minimum Gasteiger partial charge on any atom is -0.454 e. The molecule has 0 aliphatic carbocycles. The highest BCUT2D eigenvalue weighted by Gasteiger charge is 2.13. The van der Waals surface area contributed by atoms with E-state index in [4.69, 9.17) is 20.0 Å². The van der Waals surface area contributed by atoms with Crippen LogP contribution in [0.5, 0.6) is 11.5 Å². The van der Waals surface area contributed by atoms with Gasteiger partial charge in [-0.1, -0.05) is 6.07 Å². The zero-order valence-corrected chi connectivity index (χ0v) is 10.6. The molecule has 1 aliphatic rings. The van der Waals surface area contributed by atoms with Crippen molar-refractivity contribution in [1.82, 2.24) is 4.90 Å². The molecular weight excluding hydrogens is 258 g/mol. The van der Waals surface area contributed by atoms with Gasteiger partial charge in [0.15, 0.2) is 11.5 Å². The second kappa shape index (κ2) is 6.26. The van der Waals surface area contributed by atoms with Gasteiger partial charge in [0.25, 0.3) is 0 Å². The second-order valence-electron chi connectivity index (χ2n) is 3.96. The molecule has 0 bridgehead atoms. The molecule has 1 aromatic rings. The van der Waals surface area contributed by atoms with E-state index in [9.17, 15) is 4.79 Å². The largest absolute Gasteiger partial charge is 0.454 e. The summed E-state index contributed by atoms with van der Waals surface area (Å²) in [6.07, 6.45) is 2.93. The number of ether oxygens (including phenoxy) is 2. The smallest absolute Gasteiger partial charge is 0.248 e. The maximum Gasteiger partial charge on any atom is 0.248 e. The molecule has 100 valence electrons. The van der Waals surface area contributed by atoms with Gasteiger partial charge >= 0.3 is 0 Å². The summed E-state index contributed by atoms with van der Waals surface area (Å²) in [6, 6.07) is 9.00. The summed E-state index contributed by atoms with van der Waals surface area (Å²) in [5, 5.41) is 17.2. The van der Waals surface area contributed by atoms with Crippen LogP contribution in [0, 0.1) is 22.7 Å². The third-order valence-corrected chi connectivity index (χ3v) is 2.65. The first-order valence-electron chi connectivity index (χ1n) is 5.85. The zero-order valence-electron chi connectivity index (χ0n) is 10.6. The number of carbonyl (C=O) groups is 1. The molecule has 0 fully saturated rings. The van der Waals surface area contributed by atoms with E-state index in [1.807, 2.05) is 12.1 Å². The molecule has 1 heterocycles. The maximum atomic E-state index is 11.8. The second-order valence-corrected chi connectivity index (χ2v) is 3.96. The van der Waals surface area contributed by atoms with Crippen molar-refractivity contribution in [3.8, 4) is 23.6 Å². The monoisotopic (exact) mass is 269 g/mol. The van der Waals surface area contributed by atoms with E-state index < -0.39 is 0 Å².